The Hall–Kier alpha value is -4.32. The number of aromatic nitrogens is 1. The topological polar surface area (TPSA) is 54.8 Å². The summed E-state index contributed by atoms with van der Waals surface area (Å²) in [5, 5.41) is 0. The van der Waals surface area contributed by atoms with Gasteiger partial charge in [-0.2, -0.15) is 0 Å². The predicted octanol–water partition coefficient (Wildman–Crippen LogP) is 6.97. The summed E-state index contributed by atoms with van der Waals surface area (Å²) in [7, 11) is 1.67. The highest BCUT2D eigenvalue weighted by atomic mass is 16.5. The van der Waals surface area contributed by atoms with E-state index in [0.29, 0.717) is 25.2 Å². The van der Waals surface area contributed by atoms with Crippen LogP contribution in [0.2, 0.25) is 0 Å². The number of aryl methyl sites for hydroxylation is 1. The molecule has 0 bridgehead atoms. The van der Waals surface area contributed by atoms with Crippen LogP contribution in [-0.2, 0) is 30.8 Å². The molecule has 0 unspecified atom stereocenters. The van der Waals surface area contributed by atoms with Crippen molar-refractivity contribution in [1.29, 1.82) is 0 Å². The summed E-state index contributed by atoms with van der Waals surface area (Å²) in [6.07, 6.45) is 5.30. The largest absolute Gasteiger partial charge is 0.497 e. The van der Waals surface area contributed by atoms with E-state index in [0.717, 1.165) is 41.8 Å². The average Bonchev–Trinajstić information content (AvgIpc) is 3.44. The molecule has 0 atom stereocenters. The molecule has 4 aromatic rings. The molecule has 42 heavy (non-hydrogen) atoms. The maximum absolute atomic E-state index is 14.0. The molecule has 3 aromatic carbocycles. The molecule has 0 fully saturated rings. The summed E-state index contributed by atoms with van der Waals surface area (Å²) in [6.45, 7) is 7.65. The molecule has 220 valence electrons. The third kappa shape index (κ3) is 8.35. The van der Waals surface area contributed by atoms with Crippen LogP contribution >= 0.6 is 0 Å². The molecular weight excluding hydrogens is 522 g/mol. The monoisotopic (exact) mass is 565 g/mol. The van der Waals surface area contributed by atoms with Gasteiger partial charge in [-0.15, -0.1) is 0 Å². The van der Waals surface area contributed by atoms with Crippen LogP contribution < -0.4 is 4.74 Å². The van der Waals surface area contributed by atoms with Crippen LogP contribution in [0.3, 0.4) is 0 Å². The predicted molar refractivity (Wildman–Crippen MR) is 168 cm³/mol. The van der Waals surface area contributed by atoms with E-state index in [1.54, 1.807) is 12.0 Å². The number of benzene rings is 3. The summed E-state index contributed by atoms with van der Waals surface area (Å²) in [5.74, 6) is 0.604. The first-order valence-electron chi connectivity index (χ1n) is 14.9. The van der Waals surface area contributed by atoms with E-state index >= 15 is 0 Å². The number of nitrogens with zero attached hydrogens (tertiary/aromatic N) is 3. The van der Waals surface area contributed by atoms with Crippen molar-refractivity contribution in [3.63, 3.8) is 0 Å². The molecular formula is C36H43N3O3. The zero-order valence-electron chi connectivity index (χ0n) is 25.3. The van der Waals surface area contributed by atoms with Gasteiger partial charge in [-0.1, -0.05) is 67.9 Å². The van der Waals surface area contributed by atoms with Crippen molar-refractivity contribution >= 4 is 11.8 Å². The van der Waals surface area contributed by atoms with Crippen molar-refractivity contribution in [2.75, 3.05) is 13.7 Å². The van der Waals surface area contributed by atoms with E-state index < -0.39 is 0 Å². The van der Waals surface area contributed by atoms with Gasteiger partial charge in [-0.3, -0.25) is 9.59 Å². The maximum atomic E-state index is 14.0. The molecule has 0 saturated heterocycles. The molecule has 6 nitrogen and oxygen atoms in total. The van der Waals surface area contributed by atoms with Gasteiger partial charge in [0.15, 0.2) is 0 Å². The number of carbonyl (C=O) groups excluding carboxylic acids is 2. The first-order valence-corrected chi connectivity index (χ1v) is 14.9. The maximum Gasteiger partial charge on any atom is 0.254 e. The zero-order chi connectivity index (χ0) is 29.9. The van der Waals surface area contributed by atoms with Gasteiger partial charge in [-0.05, 0) is 79.8 Å². The highest BCUT2D eigenvalue weighted by Gasteiger charge is 2.25. The van der Waals surface area contributed by atoms with E-state index in [1.807, 2.05) is 104 Å². The number of unbranched alkanes of at least 4 members (excludes halogenated alkanes) is 1. The number of ether oxygens (including phenoxy) is 1. The van der Waals surface area contributed by atoms with Gasteiger partial charge in [0, 0.05) is 36.6 Å². The Morgan fingerprint density at radius 1 is 0.833 bits per heavy atom. The Bertz CT molecular complexity index is 1430. The smallest absolute Gasteiger partial charge is 0.254 e. The Labute approximate surface area is 250 Å². The van der Waals surface area contributed by atoms with E-state index in [-0.39, 0.29) is 24.4 Å². The van der Waals surface area contributed by atoms with Crippen LogP contribution in [0.25, 0.3) is 0 Å². The lowest BCUT2D eigenvalue weighted by molar-refractivity contribution is -0.133. The lowest BCUT2D eigenvalue weighted by atomic mass is 10.1. The van der Waals surface area contributed by atoms with Gasteiger partial charge >= 0.3 is 0 Å². The van der Waals surface area contributed by atoms with E-state index in [4.69, 9.17) is 4.74 Å². The Morgan fingerprint density at radius 2 is 1.57 bits per heavy atom. The number of hydrogen-bond donors (Lipinski definition) is 0. The first kappa shape index (κ1) is 30.6. The summed E-state index contributed by atoms with van der Waals surface area (Å²) in [4.78, 5) is 31.1. The molecule has 0 N–H and O–H groups in total. The summed E-state index contributed by atoms with van der Waals surface area (Å²) < 4.78 is 7.56. The fraction of sp³-hybridized carbons (Fsp3) is 0.333. The molecule has 0 radical (unpaired) electrons. The number of carbonyl (C=O) groups is 2. The van der Waals surface area contributed by atoms with E-state index in [1.165, 1.54) is 5.56 Å². The Morgan fingerprint density at radius 3 is 2.26 bits per heavy atom. The SMILES string of the molecule is CCCCc1ccc(C(=O)N(CC(=O)N(Cc2ccccc2)Cc2cccn2Cc2cccc(OC)c2)C(C)C)cc1. The molecule has 2 amide bonds. The van der Waals surface area contributed by atoms with E-state index in [9.17, 15) is 9.59 Å². The fourth-order valence-corrected chi connectivity index (χ4v) is 5.04. The third-order valence-electron chi connectivity index (χ3n) is 7.54. The van der Waals surface area contributed by atoms with Gasteiger partial charge in [0.1, 0.15) is 12.3 Å². The molecule has 0 saturated carbocycles. The summed E-state index contributed by atoms with van der Waals surface area (Å²) in [6, 6.07) is 29.8. The lowest BCUT2D eigenvalue weighted by Crippen LogP contribution is -2.45. The third-order valence-corrected chi connectivity index (χ3v) is 7.54. The molecule has 1 aromatic heterocycles. The summed E-state index contributed by atoms with van der Waals surface area (Å²) in [5.41, 5.74) is 5.02. The Kier molecular flexibility index (Phi) is 11.0. The van der Waals surface area contributed by atoms with Crippen LogP contribution in [0.15, 0.2) is 97.2 Å². The van der Waals surface area contributed by atoms with Crippen LogP contribution in [0.4, 0.5) is 0 Å². The molecule has 6 heteroatoms. The van der Waals surface area contributed by atoms with Crippen molar-refractivity contribution in [3.05, 3.63) is 125 Å². The average molecular weight is 566 g/mol. The fourth-order valence-electron chi connectivity index (χ4n) is 5.04. The van der Waals surface area contributed by atoms with Gasteiger partial charge in [-0.25, -0.2) is 0 Å². The van der Waals surface area contributed by atoms with Gasteiger partial charge in [0.25, 0.3) is 5.91 Å². The number of rotatable bonds is 14. The van der Waals surface area contributed by atoms with Gasteiger partial charge in [0.05, 0.1) is 13.7 Å². The molecule has 1 heterocycles. The normalized spacial score (nSPS) is 11.0. The Balaban J connectivity index is 1.53. The van der Waals surface area contributed by atoms with Crippen molar-refractivity contribution in [2.45, 2.75) is 65.7 Å². The highest BCUT2D eigenvalue weighted by Crippen LogP contribution is 2.18. The lowest BCUT2D eigenvalue weighted by Gasteiger charge is -2.30. The molecule has 4 rings (SSSR count). The van der Waals surface area contributed by atoms with Crippen LogP contribution in [0, 0.1) is 0 Å². The molecule has 0 aliphatic rings. The van der Waals surface area contributed by atoms with Crippen LogP contribution in [0.1, 0.15) is 66.4 Å². The quantitative estimate of drug-likeness (QED) is 0.166. The second kappa shape index (κ2) is 15.1. The number of hydrogen-bond acceptors (Lipinski definition) is 3. The first-order chi connectivity index (χ1) is 20.4. The minimum absolute atomic E-state index is 0.0114. The van der Waals surface area contributed by atoms with Gasteiger partial charge < -0.3 is 19.1 Å². The van der Waals surface area contributed by atoms with Crippen molar-refractivity contribution in [3.8, 4) is 5.75 Å². The summed E-state index contributed by atoms with van der Waals surface area (Å²) >= 11 is 0. The minimum Gasteiger partial charge on any atom is -0.497 e. The molecule has 0 aliphatic heterocycles. The molecule has 0 aliphatic carbocycles. The number of methoxy groups -OCH3 is 1. The molecule has 0 spiro atoms. The number of amides is 2. The van der Waals surface area contributed by atoms with Gasteiger partial charge in [0.2, 0.25) is 5.91 Å². The van der Waals surface area contributed by atoms with Crippen molar-refractivity contribution in [1.82, 2.24) is 14.4 Å². The van der Waals surface area contributed by atoms with Crippen LogP contribution in [-0.4, -0.2) is 45.9 Å². The zero-order valence-corrected chi connectivity index (χ0v) is 25.3. The minimum atomic E-state index is -0.128. The van der Waals surface area contributed by atoms with E-state index in [2.05, 4.69) is 23.6 Å². The second-order valence-corrected chi connectivity index (χ2v) is 11.0. The standard InChI is InChI=1S/C36H43N3O3/c1-5-6-12-29-18-20-32(21-19-29)36(41)39(28(2)3)27-35(40)38(24-30-13-8-7-9-14-30)26-33-16-11-22-37(33)25-31-15-10-17-34(23-31)42-4/h7-11,13-23,28H,5-6,12,24-27H2,1-4H3. The van der Waals surface area contributed by atoms with Crippen molar-refractivity contribution in [2.24, 2.45) is 0 Å². The second-order valence-electron chi connectivity index (χ2n) is 11.0. The van der Waals surface area contributed by atoms with Crippen LogP contribution in [0.5, 0.6) is 5.75 Å². The highest BCUT2D eigenvalue weighted by molar-refractivity contribution is 5.96. The van der Waals surface area contributed by atoms with Crippen molar-refractivity contribution < 1.29 is 14.3 Å².